The quantitative estimate of drug-likeness (QED) is 0.478. The zero-order chi connectivity index (χ0) is 20.3. The predicted molar refractivity (Wildman–Crippen MR) is 108 cm³/mol. The van der Waals surface area contributed by atoms with Crippen LogP contribution in [0, 0.1) is 27.7 Å². The first-order valence-corrected chi connectivity index (χ1v) is 9.20. The van der Waals surface area contributed by atoms with Gasteiger partial charge in [0.1, 0.15) is 29.2 Å². The van der Waals surface area contributed by atoms with Gasteiger partial charge in [0.05, 0.1) is 40.7 Å². The number of nitrogens with one attached hydrogen (secondary N) is 1. The first-order chi connectivity index (χ1) is 14.0. The third-order valence-corrected chi connectivity index (χ3v) is 5.28. The summed E-state index contributed by atoms with van der Waals surface area (Å²) in [6.07, 6.45) is 1.55. The van der Waals surface area contributed by atoms with Crippen molar-refractivity contribution in [1.82, 2.24) is 25.3 Å². The number of aromatic amines is 1. The summed E-state index contributed by atoms with van der Waals surface area (Å²) in [6.45, 7) is 7.60. The van der Waals surface area contributed by atoms with Gasteiger partial charge in [0.15, 0.2) is 0 Å². The van der Waals surface area contributed by atoms with E-state index in [0.29, 0.717) is 0 Å². The van der Waals surface area contributed by atoms with Crippen molar-refractivity contribution in [1.29, 1.82) is 0 Å². The number of nitrogens with zero attached hydrogens (tertiary/aromatic N) is 4. The smallest absolute Gasteiger partial charge is 0.143 e. The van der Waals surface area contributed by atoms with Crippen molar-refractivity contribution in [2.24, 2.45) is 0 Å². The number of fused-ring (bicyclic) bond motifs is 3. The van der Waals surface area contributed by atoms with Crippen LogP contribution in [0.5, 0.6) is 5.75 Å². The summed E-state index contributed by atoms with van der Waals surface area (Å²) in [5, 5.41) is 10.0. The Morgan fingerprint density at radius 1 is 0.897 bits per heavy atom. The molecule has 0 amide bonds. The van der Waals surface area contributed by atoms with Gasteiger partial charge in [-0.15, -0.1) is 0 Å². The van der Waals surface area contributed by atoms with Crippen molar-refractivity contribution in [3.63, 3.8) is 0 Å². The SMILES string of the molecule is COc1cc2c(cc1-c1c(C)noc1C)[nH]c1ncnc(-c3c(C)noc3C)c12. The molecular weight excluding hydrogens is 370 g/mol. The van der Waals surface area contributed by atoms with Crippen molar-refractivity contribution in [2.75, 3.05) is 7.11 Å². The van der Waals surface area contributed by atoms with Crippen LogP contribution in [0.3, 0.4) is 0 Å². The molecule has 5 aromatic rings. The molecule has 1 aromatic carbocycles. The summed E-state index contributed by atoms with van der Waals surface area (Å²) >= 11 is 0. The maximum Gasteiger partial charge on any atom is 0.143 e. The highest BCUT2D eigenvalue weighted by Gasteiger charge is 2.22. The van der Waals surface area contributed by atoms with Crippen LogP contribution in [0.25, 0.3) is 44.3 Å². The van der Waals surface area contributed by atoms with Crippen LogP contribution in [0.2, 0.25) is 0 Å². The van der Waals surface area contributed by atoms with Gasteiger partial charge in [-0.1, -0.05) is 10.3 Å². The summed E-state index contributed by atoms with van der Waals surface area (Å²) in [7, 11) is 1.66. The Morgan fingerprint density at radius 2 is 1.59 bits per heavy atom. The molecule has 146 valence electrons. The van der Waals surface area contributed by atoms with E-state index in [1.54, 1.807) is 13.4 Å². The Balaban J connectivity index is 1.87. The van der Waals surface area contributed by atoms with E-state index in [1.807, 2.05) is 39.8 Å². The normalized spacial score (nSPS) is 11.6. The molecular formula is C21H19N5O3. The van der Waals surface area contributed by atoms with E-state index in [9.17, 15) is 0 Å². The number of benzene rings is 1. The molecule has 0 atom stereocenters. The van der Waals surface area contributed by atoms with E-state index < -0.39 is 0 Å². The van der Waals surface area contributed by atoms with Gasteiger partial charge in [-0.25, -0.2) is 9.97 Å². The zero-order valence-corrected chi connectivity index (χ0v) is 16.7. The minimum absolute atomic E-state index is 0.719. The number of ether oxygens (including phenoxy) is 1. The molecule has 4 heterocycles. The Morgan fingerprint density at radius 3 is 2.21 bits per heavy atom. The third-order valence-electron chi connectivity index (χ3n) is 5.28. The Bertz CT molecular complexity index is 1350. The number of hydrogen-bond acceptors (Lipinski definition) is 7. The minimum atomic E-state index is 0.719. The van der Waals surface area contributed by atoms with Crippen LogP contribution in [0.15, 0.2) is 27.5 Å². The highest BCUT2D eigenvalue weighted by atomic mass is 16.5. The van der Waals surface area contributed by atoms with Gasteiger partial charge in [0.25, 0.3) is 0 Å². The van der Waals surface area contributed by atoms with Gasteiger partial charge in [-0.05, 0) is 39.8 Å². The maximum atomic E-state index is 5.73. The van der Waals surface area contributed by atoms with Gasteiger partial charge in [-0.3, -0.25) is 0 Å². The molecule has 0 radical (unpaired) electrons. The fourth-order valence-electron chi connectivity index (χ4n) is 4.00. The van der Waals surface area contributed by atoms with E-state index in [0.717, 1.165) is 73.0 Å². The molecule has 8 nitrogen and oxygen atoms in total. The summed E-state index contributed by atoms with van der Waals surface area (Å²) < 4.78 is 16.5. The van der Waals surface area contributed by atoms with Gasteiger partial charge in [0.2, 0.25) is 0 Å². The molecule has 0 fully saturated rings. The van der Waals surface area contributed by atoms with Crippen LogP contribution in [-0.4, -0.2) is 32.4 Å². The summed E-state index contributed by atoms with van der Waals surface area (Å²) in [6, 6.07) is 4.04. The van der Waals surface area contributed by atoms with Crippen molar-refractivity contribution < 1.29 is 13.8 Å². The van der Waals surface area contributed by atoms with Crippen LogP contribution in [-0.2, 0) is 0 Å². The summed E-state index contributed by atoms with van der Waals surface area (Å²) in [4.78, 5) is 12.4. The fourth-order valence-corrected chi connectivity index (χ4v) is 4.00. The molecule has 0 aliphatic rings. The van der Waals surface area contributed by atoms with Gasteiger partial charge < -0.3 is 18.8 Å². The van der Waals surface area contributed by atoms with Crippen molar-refractivity contribution in [3.8, 4) is 28.1 Å². The van der Waals surface area contributed by atoms with Crippen LogP contribution in [0.1, 0.15) is 22.9 Å². The first-order valence-electron chi connectivity index (χ1n) is 9.20. The van der Waals surface area contributed by atoms with E-state index in [-0.39, 0.29) is 0 Å². The molecule has 1 N–H and O–H groups in total. The van der Waals surface area contributed by atoms with Gasteiger partial charge in [-0.2, -0.15) is 0 Å². The number of methoxy groups -OCH3 is 1. The minimum Gasteiger partial charge on any atom is -0.496 e. The Labute approximate surface area is 165 Å². The molecule has 0 aliphatic heterocycles. The second kappa shape index (κ2) is 6.16. The fraction of sp³-hybridized carbons (Fsp3) is 0.238. The molecule has 0 unspecified atom stereocenters. The number of aryl methyl sites for hydroxylation is 4. The standard InChI is InChI=1S/C21H19N5O3/c1-9-17(11(3)28-25-9)14-6-15-13(7-16(14)27-5)19-20(22-8-23-21(19)24-15)18-10(2)26-29-12(18)4/h6-8H,1-5H3,(H,22,23,24). The molecule has 4 aromatic heterocycles. The van der Waals surface area contributed by atoms with E-state index >= 15 is 0 Å². The second-order valence-corrected chi connectivity index (χ2v) is 7.07. The Kier molecular flexibility index (Phi) is 3.70. The average Bonchev–Trinajstić information content (AvgIpc) is 3.35. The van der Waals surface area contributed by atoms with Crippen LogP contribution < -0.4 is 4.74 Å². The first kappa shape index (κ1) is 17.4. The number of hydrogen-bond donors (Lipinski definition) is 1. The van der Waals surface area contributed by atoms with E-state index in [1.165, 1.54) is 0 Å². The monoisotopic (exact) mass is 389 g/mol. The van der Waals surface area contributed by atoms with Crippen molar-refractivity contribution >= 4 is 21.9 Å². The summed E-state index contributed by atoms with van der Waals surface area (Å²) in [5.41, 5.74) is 6.77. The lowest BCUT2D eigenvalue weighted by Gasteiger charge is -2.09. The molecule has 0 saturated carbocycles. The lowest BCUT2D eigenvalue weighted by Crippen LogP contribution is -1.91. The lowest BCUT2D eigenvalue weighted by atomic mass is 9.99. The van der Waals surface area contributed by atoms with Gasteiger partial charge >= 0.3 is 0 Å². The molecule has 0 saturated heterocycles. The molecule has 0 aliphatic carbocycles. The summed E-state index contributed by atoms with van der Waals surface area (Å²) in [5.74, 6) is 2.19. The van der Waals surface area contributed by atoms with E-state index in [4.69, 9.17) is 13.8 Å². The van der Waals surface area contributed by atoms with E-state index in [2.05, 4.69) is 25.3 Å². The molecule has 5 rings (SSSR count). The highest BCUT2D eigenvalue weighted by Crippen LogP contribution is 2.41. The molecule has 0 spiro atoms. The average molecular weight is 389 g/mol. The highest BCUT2D eigenvalue weighted by molar-refractivity contribution is 6.13. The molecule has 29 heavy (non-hydrogen) atoms. The molecule has 8 heteroatoms. The second-order valence-electron chi connectivity index (χ2n) is 7.07. The largest absolute Gasteiger partial charge is 0.496 e. The number of H-pyrrole nitrogens is 1. The lowest BCUT2D eigenvalue weighted by molar-refractivity contribution is 0.393. The van der Waals surface area contributed by atoms with Crippen molar-refractivity contribution in [2.45, 2.75) is 27.7 Å². The number of aromatic nitrogens is 5. The number of rotatable bonds is 3. The zero-order valence-electron chi connectivity index (χ0n) is 16.7. The van der Waals surface area contributed by atoms with Crippen LogP contribution in [0.4, 0.5) is 0 Å². The topological polar surface area (TPSA) is 103 Å². The van der Waals surface area contributed by atoms with Crippen LogP contribution >= 0.6 is 0 Å². The maximum absolute atomic E-state index is 5.73. The Hall–Kier alpha value is -3.68. The molecule has 0 bridgehead atoms. The third kappa shape index (κ3) is 2.45. The predicted octanol–water partition coefficient (Wildman–Crippen LogP) is 4.66. The van der Waals surface area contributed by atoms with Crippen molar-refractivity contribution in [3.05, 3.63) is 41.4 Å². The van der Waals surface area contributed by atoms with Gasteiger partial charge in [0, 0.05) is 16.5 Å².